The van der Waals surface area contributed by atoms with Crippen LogP contribution in [0.4, 0.5) is 13.2 Å². The molecule has 0 bridgehead atoms. The number of aromatic amines is 1. The molecule has 1 amide bonds. The van der Waals surface area contributed by atoms with E-state index in [1.807, 2.05) is 0 Å². The average molecular weight is 342 g/mol. The Morgan fingerprint density at radius 3 is 2.61 bits per heavy atom. The van der Waals surface area contributed by atoms with Gasteiger partial charge in [-0.15, -0.1) is 13.2 Å². The maximum absolute atomic E-state index is 12.4. The smallest absolute Gasteiger partial charge is 0.405 e. The van der Waals surface area contributed by atoms with Gasteiger partial charge in [0.05, 0.1) is 5.56 Å². The first-order chi connectivity index (χ1) is 10.8. The molecule has 0 saturated carbocycles. The Bertz CT molecular complexity index is 759. The first-order valence-corrected chi connectivity index (χ1v) is 6.95. The summed E-state index contributed by atoms with van der Waals surface area (Å²) in [5, 5.41) is 0. The fraction of sp³-hybridized carbons (Fsp3) is 0.200. The van der Waals surface area contributed by atoms with Crippen LogP contribution in [0.1, 0.15) is 15.9 Å². The Labute approximate surface area is 135 Å². The molecule has 0 aliphatic rings. The molecule has 0 fully saturated rings. The van der Waals surface area contributed by atoms with Crippen molar-refractivity contribution >= 4 is 18.1 Å². The molecule has 0 atom stereocenters. The van der Waals surface area contributed by atoms with Gasteiger partial charge < -0.3 is 14.6 Å². The molecule has 0 aliphatic carbocycles. The maximum atomic E-state index is 12.4. The third-order valence-electron chi connectivity index (χ3n) is 3.00. The summed E-state index contributed by atoms with van der Waals surface area (Å²) >= 11 is 5.03. The summed E-state index contributed by atoms with van der Waals surface area (Å²) in [4.78, 5) is 16.4. The van der Waals surface area contributed by atoms with E-state index in [9.17, 15) is 18.0 Å². The van der Waals surface area contributed by atoms with Gasteiger partial charge in [0, 0.05) is 25.4 Å². The molecular formula is C15H13F3N2O2S. The molecule has 1 aromatic heterocycles. The summed E-state index contributed by atoms with van der Waals surface area (Å²) in [6.07, 6.45) is -3.20. The number of carbonyl (C=O) groups is 1. The van der Waals surface area contributed by atoms with Gasteiger partial charge >= 0.3 is 6.36 Å². The number of rotatable bonds is 4. The zero-order valence-corrected chi connectivity index (χ0v) is 12.9. The quantitative estimate of drug-likeness (QED) is 0.857. The maximum Gasteiger partial charge on any atom is 0.573 e. The van der Waals surface area contributed by atoms with Crippen LogP contribution in [-0.4, -0.2) is 29.2 Å². The Morgan fingerprint density at radius 2 is 1.96 bits per heavy atom. The van der Waals surface area contributed by atoms with Crippen molar-refractivity contribution < 1.29 is 22.7 Å². The van der Waals surface area contributed by atoms with Gasteiger partial charge in [-0.2, -0.15) is 0 Å². The van der Waals surface area contributed by atoms with Gasteiger partial charge in [0.15, 0.2) is 0 Å². The van der Waals surface area contributed by atoms with Crippen molar-refractivity contribution in [2.75, 3.05) is 7.05 Å². The lowest BCUT2D eigenvalue weighted by Gasteiger charge is -2.20. The van der Waals surface area contributed by atoms with Crippen molar-refractivity contribution in [3.05, 3.63) is 58.4 Å². The topological polar surface area (TPSA) is 45.3 Å². The van der Waals surface area contributed by atoms with Crippen LogP contribution < -0.4 is 4.74 Å². The molecule has 2 rings (SSSR count). The first kappa shape index (κ1) is 17.0. The number of para-hydroxylation sites is 1. The predicted octanol–water partition coefficient (Wildman–Crippen LogP) is 3.91. The van der Waals surface area contributed by atoms with Crippen LogP contribution in [0.25, 0.3) is 0 Å². The summed E-state index contributed by atoms with van der Waals surface area (Å²) in [5.74, 6) is -0.730. The first-order valence-electron chi connectivity index (χ1n) is 6.55. The van der Waals surface area contributed by atoms with E-state index < -0.39 is 12.3 Å². The van der Waals surface area contributed by atoms with E-state index in [4.69, 9.17) is 12.2 Å². The van der Waals surface area contributed by atoms with Crippen molar-refractivity contribution in [2.45, 2.75) is 12.9 Å². The van der Waals surface area contributed by atoms with Gasteiger partial charge in [-0.25, -0.2) is 0 Å². The van der Waals surface area contributed by atoms with Gasteiger partial charge in [0.25, 0.3) is 5.91 Å². The number of benzene rings is 1. The molecule has 0 radical (unpaired) electrons. The molecule has 0 aliphatic heterocycles. The number of nitrogens with one attached hydrogen (secondary N) is 1. The van der Waals surface area contributed by atoms with Gasteiger partial charge in [-0.3, -0.25) is 4.79 Å². The lowest BCUT2D eigenvalue weighted by molar-refractivity contribution is -0.274. The Kier molecular flexibility index (Phi) is 5.05. The Hall–Kier alpha value is -2.35. The summed E-state index contributed by atoms with van der Waals surface area (Å²) in [6, 6.07) is 8.85. The van der Waals surface area contributed by atoms with Crippen LogP contribution in [0.2, 0.25) is 0 Å². The number of aromatic nitrogens is 1. The van der Waals surface area contributed by atoms with Crippen LogP contribution in [0, 0.1) is 4.64 Å². The van der Waals surface area contributed by atoms with Crippen molar-refractivity contribution in [1.29, 1.82) is 0 Å². The highest BCUT2D eigenvalue weighted by Crippen LogP contribution is 2.27. The molecule has 0 unspecified atom stereocenters. The minimum Gasteiger partial charge on any atom is -0.405 e. The largest absolute Gasteiger partial charge is 0.573 e. The highest BCUT2D eigenvalue weighted by atomic mass is 32.1. The van der Waals surface area contributed by atoms with E-state index in [1.165, 1.54) is 30.1 Å². The van der Waals surface area contributed by atoms with E-state index >= 15 is 0 Å². The van der Waals surface area contributed by atoms with Crippen LogP contribution >= 0.6 is 12.2 Å². The molecule has 2 aromatic rings. The predicted molar refractivity (Wildman–Crippen MR) is 80.5 cm³/mol. The standard InChI is InChI=1S/C15H13F3N2O2S/c1-20(14(21)11-6-4-8-19-13(11)23)9-10-5-2-3-7-12(10)22-15(16,17)18/h2-8H,9H2,1H3,(H,19,23). The fourth-order valence-corrected chi connectivity index (χ4v) is 2.21. The average Bonchev–Trinajstić information content (AvgIpc) is 2.47. The zero-order chi connectivity index (χ0) is 17.0. The Morgan fingerprint density at radius 1 is 1.26 bits per heavy atom. The zero-order valence-electron chi connectivity index (χ0n) is 12.1. The summed E-state index contributed by atoms with van der Waals surface area (Å²) in [6.45, 7) is -0.0469. The number of hydrogen-bond donors (Lipinski definition) is 1. The third kappa shape index (κ3) is 4.56. The molecule has 23 heavy (non-hydrogen) atoms. The van der Waals surface area contributed by atoms with Gasteiger partial charge in [-0.05, 0) is 18.2 Å². The number of halogens is 3. The van der Waals surface area contributed by atoms with E-state index in [0.29, 0.717) is 0 Å². The monoisotopic (exact) mass is 342 g/mol. The van der Waals surface area contributed by atoms with Crippen LogP contribution in [0.15, 0.2) is 42.6 Å². The number of nitrogens with zero attached hydrogens (tertiary/aromatic N) is 1. The fourth-order valence-electron chi connectivity index (χ4n) is 1.98. The minimum atomic E-state index is -4.79. The minimum absolute atomic E-state index is 0.0469. The van der Waals surface area contributed by atoms with Gasteiger partial charge in [0.2, 0.25) is 0 Å². The second-order valence-electron chi connectivity index (χ2n) is 4.73. The van der Waals surface area contributed by atoms with Crippen molar-refractivity contribution in [2.24, 2.45) is 0 Å². The number of alkyl halides is 3. The highest BCUT2D eigenvalue weighted by Gasteiger charge is 2.32. The number of H-pyrrole nitrogens is 1. The van der Waals surface area contributed by atoms with E-state index in [0.717, 1.165) is 0 Å². The number of carbonyl (C=O) groups excluding carboxylic acids is 1. The van der Waals surface area contributed by atoms with Gasteiger partial charge in [0.1, 0.15) is 10.4 Å². The lowest BCUT2D eigenvalue weighted by Crippen LogP contribution is -2.27. The molecule has 1 heterocycles. The highest BCUT2D eigenvalue weighted by molar-refractivity contribution is 7.71. The summed E-state index contributed by atoms with van der Waals surface area (Å²) in [5.41, 5.74) is 0.519. The van der Waals surface area contributed by atoms with E-state index in [2.05, 4.69) is 9.72 Å². The molecule has 122 valence electrons. The number of amides is 1. The summed E-state index contributed by atoms with van der Waals surface area (Å²) in [7, 11) is 1.48. The van der Waals surface area contributed by atoms with Crippen molar-refractivity contribution in [3.8, 4) is 5.75 Å². The molecule has 0 saturated heterocycles. The van der Waals surface area contributed by atoms with Crippen LogP contribution in [0.5, 0.6) is 5.75 Å². The number of pyridine rings is 1. The van der Waals surface area contributed by atoms with E-state index in [1.54, 1.807) is 24.4 Å². The second-order valence-corrected chi connectivity index (χ2v) is 5.14. The SMILES string of the molecule is CN(Cc1ccccc1OC(F)(F)F)C(=O)c1ccc[nH]c1=S. The normalized spacial score (nSPS) is 11.1. The van der Waals surface area contributed by atoms with Gasteiger partial charge in [-0.1, -0.05) is 30.4 Å². The second kappa shape index (κ2) is 6.82. The molecular weight excluding hydrogens is 329 g/mol. The molecule has 1 aromatic carbocycles. The Balaban J connectivity index is 2.21. The van der Waals surface area contributed by atoms with Crippen LogP contribution in [-0.2, 0) is 6.54 Å². The van der Waals surface area contributed by atoms with Crippen LogP contribution in [0.3, 0.4) is 0 Å². The van der Waals surface area contributed by atoms with Crippen molar-refractivity contribution in [1.82, 2.24) is 9.88 Å². The molecule has 0 spiro atoms. The third-order valence-corrected chi connectivity index (χ3v) is 3.34. The number of ether oxygens (including phenoxy) is 1. The molecule has 4 nitrogen and oxygen atoms in total. The van der Waals surface area contributed by atoms with Crippen molar-refractivity contribution in [3.63, 3.8) is 0 Å². The van der Waals surface area contributed by atoms with E-state index in [-0.39, 0.29) is 28.1 Å². The molecule has 8 heteroatoms. The summed E-state index contributed by atoms with van der Waals surface area (Å²) < 4.78 is 41.5. The molecule has 1 N–H and O–H groups in total. The lowest BCUT2D eigenvalue weighted by atomic mass is 10.1. The number of hydrogen-bond acceptors (Lipinski definition) is 3.